The Bertz CT molecular complexity index is 745. The Labute approximate surface area is 154 Å². The molecule has 0 atom stereocenters. The van der Waals surface area contributed by atoms with Crippen LogP contribution in [0.3, 0.4) is 0 Å². The summed E-state index contributed by atoms with van der Waals surface area (Å²) in [5.41, 5.74) is 1.71. The lowest BCUT2D eigenvalue weighted by atomic mass is 10.1. The van der Waals surface area contributed by atoms with Crippen molar-refractivity contribution in [3.8, 4) is 0 Å². The predicted octanol–water partition coefficient (Wildman–Crippen LogP) is 5.34. The average molecular weight is 410 g/mol. The van der Waals surface area contributed by atoms with E-state index < -0.39 is 0 Å². The fourth-order valence-corrected chi connectivity index (χ4v) is 2.65. The first-order valence-electron chi connectivity index (χ1n) is 7.51. The van der Waals surface area contributed by atoms with E-state index in [0.29, 0.717) is 34.3 Å². The fourth-order valence-electron chi connectivity index (χ4n) is 2.09. The van der Waals surface area contributed by atoms with Crippen molar-refractivity contribution in [1.82, 2.24) is 0 Å². The number of carbonyl (C=O) groups is 2. The smallest absolute Gasteiger partial charge is 0.257 e. The molecule has 4 nitrogen and oxygen atoms in total. The Morgan fingerprint density at radius 2 is 1.62 bits per heavy atom. The van der Waals surface area contributed by atoms with Crippen LogP contribution in [-0.4, -0.2) is 11.8 Å². The third kappa shape index (κ3) is 5.35. The lowest BCUT2D eigenvalue weighted by Gasteiger charge is -2.10. The van der Waals surface area contributed by atoms with Crippen molar-refractivity contribution < 1.29 is 9.59 Å². The molecule has 2 amide bonds. The summed E-state index contributed by atoms with van der Waals surface area (Å²) in [6.45, 7) is 3.98. The second-order valence-electron chi connectivity index (χ2n) is 5.80. The van der Waals surface area contributed by atoms with Gasteiger partial charge in [0.2, 0.25) is 5.91 Å². The van der Waals surface area contributed by atoms with Crippen LogP contribution in [0.5, 0.6) is 0 Å². The van der Waals surface area contributed by atoms with Gasteiger partial charge in [-0.1, -0.05) is 41.4 Å². The minimum Gasteiger partial charge on any atom is -0.326 e. The monoisotopic (exact) mass is 408 g/mol. The van der Waals surface area contributed by atoms with Crippen LogP contribution in [0, 0.1) is 5.92 Å². The number of benzene rings is 2. The third-order valence-electron chi connectivity index (χ3n) is 3.19. The zero-order valence-corrected chi connectivity index (χ0v) is 15.7. The minimum atomic E-state index is -0.294. The van der Waals surface area contributed by atoms with E-state index in [-0.39, 0.29) is 11.8 Å². The Kier molecular flexibility index (Phi) is 6.40. The summed E-state index contributed by atoms with van der Waals surface area (Å²) in [5.74, 6) is -0.0147. The van der Waals surface area contributed by atoms with Crippen molar-refractivity contribution in [2.45, 2.75) is 20.3 Å². The maximum atomic E-state index is 12.3. The van der Waals surface area contributed by atoms with Gasteiger partial charge in [0, 0.05) is 22.3 Å². The van der Waals surface area contributed by atoms with Gasteiger partial charge in [0.05, 0.1) is 10.6 Å². The summed E-state index contributed by atoms with van der Waals surface area (Å²) in [5, 5.41) is 5.99. The topological polar surface area (TPSA) is 58.2 Å². The van der Waals surface area contributed by atoms with E-state index in [1.54, 1.807) is 42.5 Å². The Balaban J connectivity index is 2.02. The summed E-state index contributed by atoms with van der Waals surface area (Å²) in [4.78, 5) is 24.0. The zero-order chi connectivity index (χ0) is 17.7. The van der Waals surface area contributed by atoms with Gasteiger partial charge < -0.3 is 10.6 Å². The fraction of sp³-hybridized carbons (Fsp3) is 0.222. The van der Waals surface area contributed by atoms with E-state index in [1.165, 1.54) is 0 Å². The molecule has 0 aliphatic heterocycles. The Hall–Kier alpha value is -1.85. The van der Waals surface area contributed by atoms with Gasteiger partial charge in [-0.25, -0.2) is 0 Å². The van der Waals surface area contributed by atoms with Crippen LogP contribution in [0.1, 0.15) is 30.6 Å². The molecule has 0 aromatic heterocycles. The summed E-state index contributed by atoms with van der Waals surface area (Å²) >= 11 is 9.37. The molecule has 2 N–H and O–H groups in total. The molecule has 0 heterocycles. The van der Waals surface area contributed by atoms with Gasteiger partial charge in [-0.15, -0.1) is 0 Å². The normalized spacial score (nSPS) is 10.5. The summed E-state index contributed by atoms with van der Waals surface area (Å²) in [6.07, 6.45) is 0.472. The van der Waals surface area contributed by atoms with Gasteiger partial charge in [-0.05, 0) is 48.4 Å². The van der Waals surface area contributed by atoms with E-state index in [2.05, 4.69) is 26.6 Å². The van der Waals surface area contributed by atoms with E-state index in [1.807, 2.05) is 13.8 Å². The van der Waals surface area contributed by atoms with Gasteiger partial charge in [0.1, 0.15) is 0 Å². The van der Waals surface area contributed by atoms with Crippen molar-refractivity contribution in [2.75, 3.05) is 10.6 Å². The van der Waals surface area contributed by atoms with Crippen LogP contribution in [-0.2, 0) is 4.79 Å². The number of carbonyl (C=O) groups excluding carboxylic acids is 2. The highest BCUT2D eigenvalue weighted by Crippen LogP contribution is 2.22. The quantitative estimate of drug-likeness (QED) is 0.700. The molecule has 0 aliphatic rings. The molecule has 2 aromatic carbocycles. The van der Waals surface area contributed by atoms with Crippen molar-refractivity contribution in [1.29, 1.82) is 0 Å². The highest BCUT2D eigenvalue weighted by Gasteiger charge is 2.11. The SMILES string of the molecule is CC(C)CC(=O)Nc1ccc(NC(=O)c2cc(Br)ccc2Cl)cc1. The number of nitrogens with one attached hydrogen (secondary N) is 2. The molecule has 6 heteroatoms. The summed E-state index contributed by atoms with van der Waals surface area (Å²) in [7, 11) is 0. The summed E-state index contributed by atoms with van der Waals surface area (Å²) < 4.78 is 0.778. The lowest BCUT2D eigenvalue weighted by molar-refractivity contribution is -0.116. The number of hydrogen-bond acceptors (Lipinski definition) is 2. The molecule has 0 fully saturated rings. The van der Waals surface area contributed by atoms with E-state index in [9.17, 15) is 9.59 Å². The van der Waals surface area contributed by atoms with Crippen LogP contribution >= 0.6 is 27.5 Å². The van der Waals surface area contributed by atoms with Crippen molar-refractivity contribution in [3.05, 3.63) is 57.5 Å². The van der Waals surface area contributed by atoms with Gasteiger partial charge in [0.15, 0.2) is 0 Å². The van der Waals surface area contributed by atoms with Crippen molar-refractivity contribution >= 4 is 50.7 Å². The highest BCUT2D eigenvalue weighted by atomic mass is 79.9. The first-order chi connectivity index (χ1) is 11.3. The maximum absolute atomic E-state index is 12.3. The van der Waals surface area contributed by atoms with E-state index >= 15 is 0 Å². The maximum Gasteiger partial charge on any atom is 0.257 e. The molecular formula is C18H18BrClN2O2. The number of hydrogen-bond donors (Lipinski definition) is 2. The van der Waals surface area contributed by atoms with E-state index in [0.717, 1.165) is 4.47 Å². The molecule has 2 aromatic rings. The Morgan fingerprint density at radius 1 is 1.04 bits per heavy atom. The molecule has 0 bridgehead atoms. The van der Waals surface area contributed by atoms with Gasteiger partial charge >= 0.3 is 0 Å². The average Bonchev–Trinajstić information content (AvgIpc) is 2.50. The number of halogens is 2. The van der Waals surface area contributed by atoms with Crippen LogP contribution in [0.15, 0.2) is 46.9 Å². The Morgan fingerprint density at radius 3 is 2.21 bits per heavy atom. The van der Waals surface area contributed by atoms with Gasteiger partial charge in [-0.3, -0.25) is 9.59 Å². The first kappa shape index (κ1) is 18.5. The summed E-state index contributed by atoms with van der Waals surface area (Å²) in [6, 6.07) is 12.1. The van der Waals surface area contributed by atoms with Crippen molar-refractivity contribution in [3.63, 3.8) is 0 Å². The molecule has 24 heavy (non-hydrogen) atoms. The minimum absolute atomic E-state index is 0.0253. The standard InChI is InChI=1S/C18H18BrClN2O2/c1-11(2)9-17(23)21-13-4-6-14(7-5-13)22-18(24)15-10-12(19)3-8-16(15)20/h3-8,10-11H,9H2,1-2H3,(H,21,23)(H,22,24). The second-order valence-corrected chi connectivity index (χ2v) is 7.12. The van der Waals surface area contributed by atoms with Crippen LogP contribution in [0.4, 0.5) is 11.4 Å². The molecular weight excluding hydrogens is 392 g/mol. The highest BCUT2D eigenvalue weighted by molar-refractivity contribution is 9.10. The van der Waals surface area contributed by atoms with Crippen LogP contribution in [0.2, 0.25) is 5.02 Å². The zero-order valence-electron chi connectivity index (χ0n) is 13.4. The molecule has 0 saturated carbocycles. The lowest BCUT2D eigenvalue weighted by Crippen LogP contribution is -2.14. The first-order valence-corrected chi connectivity index (χ1v) is 8.68. The van der Waals surface area contributed by atoms with Crippen LogP contribution in [0.25, 0.3) is 0 Å². The second kappa shape index (κ2) is 8.31. The number of rotatable bonds is 5. The molecule has 0 aliphatic carbocycles. The third-order valence-corrected chi connectivity index (χ3v) is 4.02. The molecule has 0 saturated heterocycles. The molecule has 0 unspecified atom stereocenters. The van der Waals surface area contributed by atoms with Crippen LogP contribution < -0.4 is 10.6 Å². The van der Waals surface area contributed by atoms with Gasteiger partial charge in [0.25, 0.3) is 5.91 Å². The molecule has 126 valence electrons. The molecule has 2 rings (SSSR count). The van der Waals surface area contributed by atoms with E-state index in [4.69, 9.17) is 11.6 Å². The largest absolute Gasteiger partial charge is 0.326 e. The molecule has 0 spiro atoms. The number of anilines is 2. The number of amides is 2. The van der Waals surface area contributed by atoms with Crippen molar-refractivity contribution in [2.24, 2.45) is 5.92 Å². The van der Waals surface area contributed by atoms with Gasteiger partial charge in [-0.2, -0.15) is 0 Å². The predicted molar refractivity (Wildman–Crippen MR) is 102 cm³/mol. The molecule has 0 radical (unpaired) electrons.